The van der Waals surface area contributed by atoms with Gasteiger partial charge in [0, 0.05) is 18.4 Å². The summed E-state index contributed by atoms with van der Waals surface area (Å²) in [4.78, 5) is 12.0. The summed E-state index contributed by atoms with van der Waals surface area (Å²) in [6.45, 7) is 1.89. The van der Waals surface area contributed by atoms with Gasteiger partial charge in [0.05, 0.1) is 5.92 Å². The fourth-order valence-corrected chi connectivity index (χ4v) is 2.48. The minimum absolute atomic E-state index is 0.0954. The minimum atomic E-state index is -4.19. The number of carbonyl (C=O) groups is 1. The van der Waals surface area contributed by atoms with E-state index in [2.05, 4.69) is 11.2 Å². The van der Waals surface area contributed by atoms with E-state index in [1.165, 1.54) is 0 Å². The van der Waals surface area contributed by atoms with Gasteiger partial charge in [-0.2, -0.15) is 13.2 Å². The van der Waals surface area contributed by atoms with Crippen molar-refractivity contribution >= 4 is 5.91 Å². The maximum Gasteiger partial charge on any atom is 0.391 e. The third-order valence-corrected chi connectivity index (χ3v) is 3.71. The molecule has 0 aromatic carbocycles. The number of halogens is 3. The molecule has 0 heterocycles. The molecular formula is C14H20F3NO. The summed E-state index contributed by atoms with van der Waals surface area (Å²) in [6, 6.07) is -0.135. The van der Waals surface area contributed by atoms with Crippen LogP contribution in [0.2, 0.25) is 0 Å². The Bertz CT molecular complexity index is 346. The van der Waals surface area contributed by atoms with Crippen LogP contribution in [0.5, 0.6) is 0 Å². The molecule has 0 radical (unpaired) electrons. The monoisotopic (exact) mass is 275 g/mol. The van der Waals surface area contributed by atoms with E-state index in [0.29, 0.717) is 25.7 Å². The van der Waals surface area contributed by atoms with Crippen LogP contribution in [0.3, 0.4) is 0 Å². The van der Waals surface area contributed by atoms with E-state index in [-0.39, 0.29) is 24.8 Å². The molecule has 0 saturated heterocycles. The van der Waals surface area contributed by atoms with E-state index in [9.17, 15) is 18.0 Å². The van der Waals surface area contributed by atoms with Gasteiger partial charge >= 0.3 is 6.18 Å². The second kappa shape index (κ2) is 6.83. The molecular weight excluding hydrogens is 255 g/mol. The largest absolute Gasteiger partial charge is 0.391 e. The van der Waals surface area contributed by atoms with Crippen molar-refractivity contribution in [3.8, 4) is 12.3 Å². The molecule has 1 aliphatic rings. The summed E-state index contributed by atoms with van der Waals surface area (Å²) in [5, 5.41) is 2.76. The van der Waals surface area contributed by atoms with Crippen molar-refractivity contribution in [2.45, 2.75) is 57.7 Å². The zero-order valence-electron chi connectivity index (χ0n) is 11.1. The molecule has 0 aromatic heterocycles. The highest BCUT2D eigenvalue weighted by atomic mass is 19.4. The maximum atomic E-state index is 12.7. The highest BCUT2D eigenvalue weighted by Crippen LogP contribution is 2.39. The van der Waals surface area contributed by atoms with Gasteiger partial charge < -0.3 is 5.32 Å². The number of hydrogen-bond donors (Lipinski definition) is 1. The number of terminal acetylenes is 1. The zero-order chi connectivity index (χ0) is 14.5. The van der Waals surface area contributed by atoms with Crippen LogP contribution in [0.4, 0.5) is 13.2 Å². The third-order valence-electron chi connectivity index (χ3n) is 3.71. The predicted octanol–water partition coefficient (Wildman–Crippen LogP) is 3.27. The number of alkyl halides is 3. The van der Waals surface area contributed by atoms with E-state index in [4.69, 9.17) is 6.42 Å². The van der Waals surface area contributed by atoms with Gasteiger partial charge in [-0.3, -0.25) is 4.79 Å². The van der Waals surface area contributed by atoms with Crippen molar-refractivity contribution in [2.75, 3.05) is 0 Å². The molecule has 1 fully saturated rings. The standard InChI is InChI=1S/C14H20F3NO/c1-3-6-12(4-2)18-13(19)10-7-5-8-11(9-10)14(15,16)17/h1,10-12H,4-9H2,2H3,(H,18,19). The zero-order valence-corrected chi connectivity index (χ0v) is 11.1. The lowest BCUT2D eigenvalue weighted by molar-refractivity contribution is -0.186. The molecule has 19 heavy (non-hydrogen) atoms. The second-order valence-electron chi connectivity index (χ2n) is 5.12. The molecule has 1 saturated carbocycles. The Kier molecular flexibility index (Phi) is 5.71. The van der Waals surface area contributed by atoms with Gasteiger partial charge in [0.1, 0.15) is 0 Å². The van der Waals surface area contributed by atoms with Gasteiger partial charge in [-0.25, -0.2) is 0 Å². The molecule has 1 aliphatic carbocycles. The number of rotatable bonds is 4. The van der Waals surface area contributed by atoms with Gasteiger partial charge in [0.2, 0.25) is 5.91 Å². The van der Waals surface area contributed by atoms with Crippen LogP contribution >= 0.6 is 0 Å². The summed E-state index contributed by atoms with van der Waals surface area (Å²) in [5.74, 6) is 0.306. The third kappa shape index (κ3) is 4.77. The molecule has 0 spiro atoms. The molecule has 3 atom stereocenters. The van der Waals surface area contributed by atoms with Crippen LogP contribution in [0.1, 0.15) is 45.4 Å². The molecule has 108 valence electrons. The van der Waals surface area contributed by atoms with Crippen molar-refractivity contribution in [1.82, 2.24) is 5.32 Å². The minimum Gasteiger partial charge on any atom is -0.352 e. The molecule has 0 aliphatic heterocycles. The number of hydrogen-bond acceptors (Lipinski definition) is 1. The van der Waals surface area contributed by atoms with Crippen LogP contribution in [0, 0.1) is 24.2 Å². The second-order valence-corrected chi connectivity index (χ2v) is 5.12. The first-order chi connectivity index (χ1) is 8.88. The number of amides is 1. The Balaban J connectivity index is 2.55. The summed E-state index contributed by atoms with van der Waals surface area (Å²) in [7, 11) is 0. The van der Waals surface area contributed by atoms with Crippen molar-refractivity contribution in [2.24, 2.45) is 11.8 Å². The predicted molar refractivity (Wildman–Crippen MR) is 67.2 cm³/mol. The first kappa shape index (κ1) is 15.9. The normalized spacial score (nSPS) is 25.4. The molecule has 1 N–H and O–H groups in total. The highest BCUT2D eigenvalue weighted by molar-refractivity contribution is 5.79. The highest BCUT2D eigenvalue weighted by Gasteiger charge is 2.43. The molecule has 2 nitrogen and oxygen atoms in total. The molecule has 1 amide bonds. The lowest BCUT2D eigenvalue weighted by Gasteiger charge is -2.30. The smallest absolute Gasteiger partial charge is 0.352 e. The molecule has 1 rings (SSSR count). The number of nitrogens with one attached hydrogen (secondary N) is 1. The van der Waals surface area contributed by atoms with Crippen LogP contribution in [0.15, 0.2) is 0 Å². The molecule has 5 heteroatoms. The molecule has 0 aromatic rings. The lowest BCUT2D eigenvalue weighted by Crippen LogP contribution is -2.41. The first-order valence-electron chi connectivity index (χ1n) is 6.69. The Hall–Kier alpha value is -1.18. The van der Waals surface area contributed by atoms with Crippen molar-refractivity contribution < 1.29 is 18.0 Å². The Labute approximate surface area is 112 Å². The van der Waals surface area contributed by atoms with Crippen molar-refractivity contribution in [3.05, 3.63) is 0 Å². The first-order valence-corrected chi connectivity index (χ1v) is 6.69. The van der Waals surface area contributed by atoms with Crippen LogP contribution in [-0.4, -0.2) is 18.1 Å². The maximum absolute atomic E-state index is 12.7. The molecule has 3 unspecified atom stereocenters. The SMILES string of the molecule is C#CCC(CC)NC(=O)C1CCCC(C(F)(F)F)C1. The van der Waals surface area contributed by atoms with E-state index in [1.807, 2.05) is 6.92 Å². The van der Waals surface area contributed by atoms with E-state index in [0.717, 1.165) is 0 Å². The van der Waals surface area contributed by atoms with Gasteiger partial charge in [-0.05, 0) is 25.7 Å². The van der Waals surface area contributed by atoms with E-state index in [1.54, 1.807) is 0 Å². The average molecular weight is 275 g/mol. The van der Waals surface area contributed by atoms with Gasteiger partial charge in [0.25, 0.3) is 0 Å². The quantitative estimate of drug-likeness (QED) is 0.784. The van der Waals surface area contributed by atoms with Crippen molar-refractivity contribution in [1.29, 1.82) is 0 Å². The average Bonchev–Trinajstić information content (AvgIpc) is 2.37. The van der Waals surface area contributed by atoms with Crippen LogP contribution < -0.4 is 5.32 Å². The molecule has 0 bridgehead atoms. The fourth-order valence-electron chi connectivity index (χ4n) is 2.48. The number of carbonyl (C=O) groups excluding carboxylic acids is 1. The van der Waals surface area contributed by atoms with Gasteiger partial charge in [-0.15, -0.1) is 12.3 Å². The van der Waals surface area contributed by atoms with Crippen LogP contribution in [0.25, 0.3) is 0 Å². The van der Waals surface area contributed by atoms with E-state index < -0.39 is 18.0 Å². The summed E-state index contributed by atoms with van der Waals surface area (Å²) >= 11 is 0. The van der Waals surface area contributed by atoms with Crippen molar-refractivity contribution in [3.63, 3.8) is 0 Å². The van der Waals surface area contributed by atoms with Gasteiger partial charge in [-0.1, -0.05) is 13.3 Å². The summed E-state index contributed by atoms with van der Waals surface area (Å²) < 4.78 is 38.0. The van der Waals surface area contributed by atoms with E-state index >= 15 is 0 Å². The Morgan fingerprint density at radius 2 is 2.16 bits per heavy atom. The Morgan fingerprint density at radius 3 is 2.68 bits per heavy atom. The lowest BCUT2D eigenvalue weighted by atomic mass is 9.80. The summed E-state index contributed by atoms with van der Waals surface area (Å²) in [6.07, 6.45) is 3.12. The van der Waals surface area contributed by atoms with Crippen LogP contribution in [-0.2, 0) is 4.79 Å². The fraction of sp³-hybridized carbons (Fsp3) is 0.786. The topological polar surface area (TPSA) is 29.1 Å². The summed E-state index contributed by atoms with van der Waals surface area (Å²) in [5.41, 5.74) is 0. The van der Waals surface area contributed by atoms with Gasteiger partial charge in [0.15, 0.2) is 0 Å². The Morgan fingerprint density at radius 1 is 1.47 bits per heavy atom.